The largest absolute Gasteiger partial charge is 0.437 e. The van der Waals surface area contributed by atoms with Crippen LogP contribution in [0.2, 0.25) is 0 Å². The summed E-state index contributed by atoms with van der Waals surface area (Å²) in [6.45, 7) is 13.0. The Morgan fingerprint density at radius 3 is 2.39 bits per heavy atom. The van der Waals surface area contributed by atoms with E-state index in [1.165, 1.54) is 41.4 Å². The van der Waals surface area contributed by atoms with Crippen LogP contribution >= 0.6 is 0 Å². The quantitative estimate of drug-likeness (QED) is 0.429. The van der Waals surface area contributed by atoms with Gasteiger partial charge in [-0.2, -0.15) is 23.4 Å². The molecule has 3 aromatic rings. The molecule has 1 spiro atoms. The van der Waals surface area contributed by atoms with Crippen molar-refractivity contribution < 1.29 is 27.2 Å². The van der Waals surface area contributed by atoms with E-state index in [-0.39, 0.29) is 16.6 Å². The summed E-state index contributed by atoms with van der Waals surface area (Å²) < 4.78 is 54.2. The van der Waals surface area contributed by atoms with Gasteiger partial charge in [-0.1, -0.05) is 13.8 Å². The summed E-state index contributed by atoms with van der Waals surface area (Å²) >= 11 is 0. The Morgan fingerprint density at radius 2 is 1.83 bits per heavy atom. The predicted molar refractivity (Wildman–Crippen MR) is 148 cm³/mol. The highest BCUT2D eigenvalue weighted by molar-refractivity contribution is 6.08. The molecule has 5 rings (SSSR count). The van der Waals surface area contributed by atoms with E-state index >= 15 is 0 Å². The second-order valence-electron chi connectivity index (χ2n) is 11.0. The van der Waals surface area contributed by atoms with Crippen LogP contribution < -0.4 is 15.5 Å². The van der Waals surface area contributed by atoms with Crippen molar-refractivity contribution in [2.45, 2.75) is 66.1 Å². The number of carbonyl (C=O) groups is 2. The number of fused-ring (bicyclic) bond motifs is 1. The van der Waals surface area contributed by atoms with Crippen molar-refractivity contribution in [2.75, 3.05) is 43.1 Å². The fourth-order valence-corrected chi connectivity index (χ4v) is 4.22. The molecule has 1 amide bonds. The van der Waals surface area contributed by atoms with E-state index in [9.17, 15) is 27.2 Å². The molecule has 4 heterocycles. The summed E-state index contributed by atoms with van der Waals surface area (Å²) in [5.74, 6) is -0.423. The zero-order valence-electron chi connectivity index (χ0n) is 24.3. The molecule has 1 aliphatic heterocycles. The number of aromatic nitrogens is 5. The third-order valence-electron chi connectivity index (χ3n) is 6.57. The van der Waals surface area contributed by atoms with Crippen LogP contribution in [0.25, 0.3) is 5.65 Å². The molecule has 2 N–H and O–H groups in total. The van der Waals surface area contributed by atoms with Gasteiger partial charge in [0.2, 0.25) is 0 Å². The summed E-state index contributed by atoms with van der Waals surface area (Å²) in [5, 5.41) is 13.7. The molecule has 1 aliphatic carbocycles. The Balaban J connectivity index is 0.000000598. The van der Waals surface area contributed by atoms with E-state index < -0.39 is 41.5 Å². The first-order chi connectivity index (χ1) is 19.2. The molecule has 0 radical (unpaired) electrons. The number of hydrogen-bond acceptors (Lipinski definition) is 7. The Labute approximate surface area is 236 Å². The van der Waals surface area contributed by atoms with Crippen LogP contribution in [0, 0.1) is 5.41 Å². The van der Waals surface area contributed by atoms with E-state index in [1.54, 1.807) is 27.0 Å². The van der Waals surface area contributed by atoms with Crippen molar-refractivity contribution in [1.82, 2.24) is 29.7 Å². The number of nitrogens with zero attached hydrogens (tertiary/aromatic N) is 6. The molecule has 2 fully saturated rings. The standard InChI is InChI=1S/C22H27F3N8O.C3H5FO.C2H6/c1-20(2,3)33-11-15(17(30-33)22(23,24)25)28-19(34)14-10-27-32-8-4-16(29-18(14)32)31-9-7-26-12-21(13-31)5-6-21;1-3(5)2-4;1-2/h4,8,10-11,26H,5-7,9,12-13H2,1-3H3,(H,28,34);2H2,1H3;1-2H3. The number of amides is 1. The smallest absolute Gasteiger partial charge is 0.355 e. The number of halogens is 4. The molecule has 0 atom stereocenters. The predicted octanol–water partition coefficient (Wildman–Crippen LogP) is 4.71. The minimum Gasteiger partial charge on any atom is -0.355 e. The van der Waals surface area contributed by atoms with Gasteiger partial charge < -0.3 is 15.5 Å². The van der Waals surface area contributed by atoms with Gasteiger partial charge in [0.25, 0.3) is 5.91 Å². The summed E-state index contributed by atoms with van der Waals surface area (Å²) in [7, 11) is 0. The van der Waals surface area contributed by atoms with Gasteiger partial charge >= 0.3 is 6.18 Å². The summed E-state index contributed by atoms with van der Waals surface area (Å²) in [4.78, 5) is 29.3. The minimum atomic E-state index is -4.72. The number of rotatable bonds is 4. The molecule has 10 nitrogen and oxygen atoms in total. The van der Waals surface area contributed by atoms with Crippen molar-refractivity contribution in [3.05, 3.63) is 35.9 Å². The number of nitrogens with one attached hydrogen (secondary N) is 2. The first kappa shape index (κ1) is 32.0. The van der Waals surface area contributed by atoms with Crippen molar-refractivity contribution in [1.29, 1.82) is 0 Å². The van der Waals surface area contributed by atoms with E-state index in [0.717, 1.165) is 26.2 Å². The average molecular weight is 583 g/mol. The molecular formula is C27H38F4N8O2. The first-order valence-corrected chi connectivity index (χ1v) is 13.6. The second kappa shape index (κ2) is 12.5. The number of alkyl halides is 4. The van der Waals surface area contributed by atoms with Gasteiger partial charge in [-0.05, 0) is 46.6 Å². The van der Waals surface area contributed by atoms with Gasteiger partial charge in [-0.15, -0.1) is 0 Å². The normalized spacial score (nSPS) is 16.3. The van der Waals surface area contributed by atoms with E-state index in [0.29, 0.717) is 5.82 Å². The molecule has 2 aliphatic rings. The molecule has 0 bridgehead atoms. The molecule has 1 saturated carbocycles. The molecule has 3 aromatic heterocycles. The van der Waals surface area contributed by atoms with Gasteiger partial charge in [0, 0.05) is 44.0 Å². The average Bonchev–Trinajstić information content (AvgIpc) is 3.39. The molecule has 41 heavy (non-hydrogen) atoms. The van der Waals surface area contributed by atoms with Gasteiger partial charge in [-0.3, -0.25) is 14.3 Å². The Hall–Kier alpha value is -3.55. The van der Waals surface area contributed by atoms with Crippen LogP contribution in [-0.4, -0.2) is 68.9 Å². The van der Waals surface area contributed by atoms with Crippen molar-refractivity contribution in [2.24, 2.45) is 5.41 Å². The lowest BCUT2D eigenvalue weighted by Gasteiger charge is -2.24. The van der Waals surface area contributed by atoms with Gasteiger partial charge in [-0.25, -0.2) is 13.9 Å². The number of hydrogen-bond donors (Lipinski definition) is 2. The van der Waals surface area contributed by atoms with E-state index in [1.807, 2.05) is 19.9 Å². The second-order valence-corrected chi connectivity index (χ2v) is 11.0. The number of Topliss-reactive ketones (excluding diaryl/α,β-unsaturated/α-hetero) is 1. The van der Waals surface area contributed by atoms with E-state index in [2.05, 4.69) is 30.7 Å². The van der Waals surface area contributed by atoms with Crippen LogP contribution in [0.1, 0.15) is 70.4 Å². The zero-order chi connectivity index (χ0) is 30.6. The third kappa shape index (κ3) is 7.80. The number of ketones is 1. The van der Waals surface area contributed by atoms with Crippen molar-refractivity contribution in [3.63, 3.8) is 0 Å². The number of carbonyl (C=O) groups excluding carboxylic acids is 2. The zero-order valence-corrected chi connectivity index (χ0v) is 24.3. The maximum absolute atomic E-state index is 13.6. The maximum Gasteiger partial charge on any atom is 0.437 e. The first-order valence-electron chi connectivity index (χ1n) is 13.6. The van der Waals surface area contributed by atoms with Gasteiger partial charge in [0.1, 0.15) is 18.1 Å². The number of anilines is 2. The lowest BCUT2D eigenvalue weighted by atomic mass is 10.1. The van der Waals surface area contributed by atoms with Crippen LogP contribution in [0.5, 0.6) is 0 Å². The highest BCUT2D eigenvalue weighted by atomic mass is 19.4. The highest BCUT2D eigenvalue weighted by Crippen LogP contribution is 2.46. The Kier molecular flexibility index (Phi) is 9.77. The highest BCUT2D eigenvalue weighted by Gasteiger charge is 2.45. The lowest BCUT2D eigenvalue weighted by molar-refractivity contribution is -0.141. The molecular weight excluding hydrogens is 544 g/mol. The topological polar surface area (TPSA) is 109 Å². The minimum absolute atomic E-state index is 0.0903. The third-order valence-corrected chi connectivity index (χ3v) is 6.57. The van der Waals surface area contributed by atoms with Crippen LogP contribution in [0.15, 0.2) is 24.7 Å². The van der Waals surface area contributed by atoms with Crippen LogP contribution in [-0.2, 0) is 16.5 Å². The van der Waals surface area contributed by atoms with Gasteiger partial charge in [0.15, 0.2) is 17.1 Å². The summed E-state index contributed by atoms with van der Waals surface area (Å²) in [6, 6.07) is 1.85. The SMILES string of the molecule is CC.CC(=O)CF.CC(C)(C)n1cc(NC(=O)c2cnn3ccc(N4CCNCC5(CC5)C4)nc23)c(C(F)(F)F)n1. The van der Waals surface area contributed by atoms with Gasteiger partial charge in [0.05, 0.1) is 17.4 Å². The fraction of sp³-hybridized carbons (Fsp3) is 0.593. The van der Waals surface area contributed by atoms with E-state index in [4.69, 9.17) is 0 Å². The monoisotopic (exact) mass is 582 g/mol. The molecule has 0 unspecified atom stereocenters. The Bertz CT molecular complexity index is 1360. The summed E-state index contributed by atoms with van der Waals surface area (Å²) in [6.07, 6.45) is 1.85. The lowest BCUT2D eigenvalue weighted by Crippen LogP contribution is -2.31. The van der Waals surface area contributed by atoms with Crippen LogP contribution in [0.4, 0.5) is 29.1 Å². The molecule has 0 aromatic carbocycles. The van der Waals surface area contributed by atoms with Crippen LogP contribution in [0.3, 0.4) is 0 Å². The molecule has 226 valence electrons. The Morgan fingerprint density at radius 1 is 1.17 bits per heavy atom. The van der Waals surface area contributed by atoms with Crippen molar-refractivity contribution in [3.8, 4) is 0 Å². The molecule has 1 saturated heterocycles. The maximum atomic E-state index is 13.6. The molecule has 14 heteroatoms. The fourth-order valence-electron chi connectivity index (χ4n) is 4.22. The van der Waals surface area contributed by atoms with Crippen molar-refractivity contribution >= 4 is 28.8 Å². The summed E-state index contributed by atoms with van der Waals surface area (Å²) in [5.41, 5.74) is -1.59.